The molecule has 0 spiro atoms. The zero-order chi connectivity index (χ0) is 19.4. The Labute approximate surface area is 154 Å². The monoisotopic (exact) mass is 367 g/mol. The maximum Gasteiger partial charge on any atom is 0.274 e. The summed E-state index contributed by atoms with van der Waals surface area (Å²) in [6.45, 7) is 1.89. The molecule has 0 fully saturated rings. The second-order valence-electron chi connectivity index (χ2n) is 5.80. The van der Waals surface area contributed by atoms with E-state index < -0.39 is 29.1 Å². The Morgan fingerprint density at radius 3 is 2.30 bits per heavy atom. The Morgan fingerprint density at radius 1 is 0.889 bits per heavy atom. The highest BCUT2D eigenvalue weighted by Gasteiger charge is 2.16. The molecule has 2 N–H and O–H groups in total. The Morgan fingerprint density at radius 2 is 1.59 bits per heavy atom. The van der Waals surface area contributed by atoms with E-state index in [4.69, 9.17) is 0 Å². The zero-order valence-corrected chi connectivity index (χ0v) is 14.3. The lowest BCUT2D eigenvalue weighted by molar-refractivity contribution is 0.102. The van der Waals surface area contributed by atoms with E-state index >= 15 is 0 Å². The van der Waals surface area contributed by atoms with E-state index in [1.165, 1.54) is 24.4 Å². The van der Waals surface area contributed by atoms with Gasteiger partial charge in [-0.3, -0.25) is 14.6 Å². The third-order valence-electron chi connectivity index (χ3n) is 3.73. The van der Waals surface area contributed by atoms with Crippen LogP contribution in [0.4, 0.5) is 20.2 Å². The average Bonchev–Trinajstić information content (AvgIpc) is 2.65. The van der Waals surface area contributed by atoms with Crippen molar-refractivity contribution in [3.05, 3.63) is 89.2 Å². The molecule has 0 bridgehead atoms. The number of aryl methyl sites for hydroxylation is 1. The van der Waals surface area contributed by atoms with Gasteiger partial charge in [-0.15, -0.1) is 0 Å². The predicted octanol–water partition coefficient (Wildman–Crippen LogP) is 4.17. The van der Waals surface area contributed by atoms with Gasteiger partial charge in [0.25, 0.3) is 11.8 Å². The number of anilines is 2. The van der Waals surface area contributed by atoms with Gasteiger partial charge in [0.1, 0.15) is 23.0 Å². The number of nitrogens with zero attached hydrogens (tertiary/aromatic N) is 1. The van der Waals surface area contributed by atoms with Crippen LogP contribution >= 0.6 is 0 Å². The summed E-state index contributed by atoms with van der Waals surface area (Å²) in [6.07, 6.45) is 1.28. The summed E-state index contributed by atoms with van der Waals surface area (Å²) in [5.74, 6) is -3.05. The smallest absolute Gasteiger partial charge is 0.274 e. The highest BCUT2D eigenvalue weighted by Crippen LogP contribution is 2.19. The first-order chi connectivity index (χ1) is 12.9. The third-order valence-corrected chi connectivity index (χ3v) is 3.73. The number of aromatic nitrogens is 1. The first-order valence-corrected chi connectivity index (χ1v) is 8.03. The number of hydrogen-bond acceptors (Lipinski definition) is 3. The van der Waals surface area contributed by atoms with E-state index in [9.17, 15) is 18.4 Å². The number of rotatable bonds is 4. The fourth-order valence-corrected chi connectivity index (χ4v) is 2.42. The van der Waals surface area contributed by atoms with Crippen molar-refractivity contribution < 1.29 is 18.4 Å². The van der Waals surface area contributed by atoms with E-state index in [1.54, 1.807) is 18.2 Å². The first-order valence-electron chi connectivity index (χ1n) is 8.03. The number of carbonyl (C=O) groups excluding carboxylic acids is 2. The second-order valence-corrected chi connectivity index (χ2v) is 5.80. The van der Waals surface area contributed by atoms with E-state index in [1.807, 2.05) is 13.0 Å². The summed E-state index contributed by atoms with van der Waals surface area (Å²) in [5.41, 5.74) is 1.05. The van der Waals surface area contributed by atoms with Crippen molar-refractivity contribution in [2.24, 2.45) is 0 Å². The topological polar surface area (TPSA) is 71.1 Å². The first kappa shape index (κ1) is 18.2. The number of pyridine rings is 1. The Kier molecular flexibility index (Phi) is 5.21. The lowest BCUT2D eigenvalue weighted by Crippen LogP contribution is -2.18. The molecule has 0 atom stereocenters. The molecule has 0 aliphatic heterocycles. The van der Waals surface area contributed by atoms with Gasteiger partial charge in [-0.25, -0.2) is 8.78 Å². The van der Waals surface area contributed by atoms with Crippen LogP contribution in [0, 0.1) is 18.6 Å². The Balaban J connectivity index is 1.78. The molecule has 7 heteroatoms. The van der Waals surface area contributed by atoms with Crippen molar-refractivity contribution in [3.63, 3.8) is 0 Å². The molecule has 0 saturated heterocycles. The molecule has 136 valence electrons. The SMILES string of the molecule is Cc1cccc(NC(=O)c2cc(C(=O)Nc3c(F)cccc3F)ccn2)c1. The molecule has 0 aliphatic rings. The molecule has 0 unspecified atom stereocenters. The van der Waals surface area contributed by atoms with E-state index in [2.05, 4.69) is 15.6 Å². The lowest BCUT2D eigenvalue weighted by Gasteiger charge is -2.09. The van der Waals surface area contributed by atoms with Crippen LogP contribution in [-0.2, 0) is 0 Å². The highest BCUT2D eigenvalue weighted by atomic mass is 19.1. The third kappa shape index (κ3) is 4.33. The van der Waals surface area contributed by atoms with Gasteiger partial charge >= 0.3 is 0 Å². The molecule has 5 nitrogen and oxygen atoms in total. The van der Waals surface area contributed by atoms with Crippen molar-refractivity contribution in [2.45, 2.75) is 6.92 Å². The minimum absolute atomic E-state index is 0.00170. The van der Waals surface area contributed by atoms with Crippen LogP contribution in [0.1, 0.15) is 26.4 Å². The number of hydrogen-bond donors (Lipinski definition) is 2. The van der Waals surface area contributed by atoms with E-state index in [0.717, 1.165) is 17.7 Å². The summed E-state index contributed by atoms with van der Waals surface area (Å²) in [6, 6.07) is 13.1. The van der Waals surface area contributed by atoms with E-state index in [0.29, 0.717) is 5.69 Å². The summed E-state index contributed by atoms with van der Waals surface area (Å²) in [5, 5.41) is 4.85. The fraction of sp³-hybridized carbons (Fsp3) is 0.0500. The number of halogens is 2. The largest absolute Gasteiger partial charge is 0.321 e. The van der Waals surface area contributed by atoms with Crippen LogP contribution in [0.5, 0.6) is 0 Å². The Bertz CT molecular complexity index is 1000. The molecule has 2 amide bonds. The van der Waals surface area contributed by atoms with Gasteiger partial charge < -0.3 is 10.6 Å². The number of carbonyl (C=O) groups is 2. The molecule has 0 saturated carbocycles. The molecule has 3 aromatic rings. The average molecular weight is 367 g/mol. The molecular formula is C20H15F2N3O2. The molecule has 1 heterocycles. The van der Waals surface area contributed by atoms with Crippen LogP contribution < -0.4 is 10.6 Å². The molecule has 0 radical (unpaired) electrons. The van der Waals surface area contributed by atoms with Crippen LogP contribution in [0.25, 0.3) is 0 Å². The van der Waals surface area contributed by atoms with Crippen molar-refractivity contribution in [1.82, 2.24) is 4.98 Å². The van der Waals surface area contributed by atoms with Gasteiger partial charge in [-0.05, 0) is 48.9 Å². The minimum atomic E-state index is -0.894. The molecule has 1 aromatic heterocycles. The van der Waals surface area contributed by atoms with Gasteiger partial charge in [0.2, 0.25) is 0 Å². The number of nitrogens with one attached hydrogen (secondary N) is 2. The van der Waals surface area contributed by atoms with Crippen molar-refractivity contribution in [2.75, 3.05) is 10.6 Å². The zero-order valence-electron chi connectivity index (χ0n) is 14.3. The quantitative estimate of drug-likeness (QED) is 0.727. The molecule has 27 heavy (non-hydrogen) atoms. The normalized spacial score (nSPS) is 10.3. The van der Waals surface area contributed by atoms with Crippen molar-refractivity contribution in [1.29, 1.82) is 0 Å². The van der Waals surface area contributed by atoms with Crippen LogP contribution in [0.3, 0.4) is 0 Å². The second kappa shape index (κ2) is 7.74. The highest BCUT2D eigenvalue weighted by molar-refractivity contribution is 6.07. The fourth-order valence-electron chi connectivity index (χ4n) is 2.42. The molecule has 3 rings (SSSR count). The van der Waals surface area contributed by atoms with Gasteiger partial charge in [-0.1, -0.05) is 18.2 Å². The van der Waals surface area contributed by atoms with Crippen LogP contribution in [0.15, 0.2) is 60.8 Å². The summed E-state index contributed by atoms with van der Waals surface area (Å²) in [7, 11) is 0. The maximum atomic E-state index is 13.7. The lowest BCUT2D eigenvalue weighted by atomic mass is 10.2. The summed E-state index contributed by atoms with van der Waals surface area (Å²) < 4.78 is 27.4. The van der Waals surface area contributed by atoms with Crippen LogP contribution in [-0.4, -0.2) is 16.8 Å². The molecular weight excluding hydrogens is 352 g/mol. The molecule has 0 aliphatic carbocycles. The number of benzene rings is 2. The van der Waals surface area contributed by atoms with Crippen molar-refractivity contribution >= 4 is 23.2 Å². The van der Waals surface area contributed by atoms with Gasteiger partial charge in [0, 0.05) is 17.4 Å². The van der Waals surface area contributed by atoms with E-state index in [-0.39, 0.29) is 11.3 Å². The number of amides is 2. The summed E-state index contributed by atoms with van der Waals surface area (Å²) in [4.78, 5) is 28.6. The van der Waals surface area contributed by atoms with Crippen LogP contribution in [0.2, 0.25) is 0 Å². The summed E-state index contributed by atoms with van der Waals surface area (Å²) >= 11 is 0. The van der Waals surface area contributed by atoms with Gasteiger partial charge in [0.05, 0.1) is 0 Å². The maximum absolute atomic E-state index is 13.7. The van der Waals surface area contributed by atoms with Crippen molar-refractivity contribution in [3.8, 4) is 0 Å². The minimum Gasteiger partial charge on any atom is -0.321 e. The van der Waals surface area contributed by atoms with Gasteiger partial charge in [0.15, 0.2) is 0 Å². The molecule has 2 aromatic carbocycles. The number of para-hydroxylation sites is 1. The predicted molar refractivity (Wildman–Crippen MR) is 97.7 cm³/mol. The van der Waals surface area contributed by atoms with Gasteiger partial charge in [-0.2, -0.15) is 0 Å². The Hall–Kier alpha value is -3.61. The standard InChI is InChI=1S/C20H15F2N3O2/c1-12-4-2-5-14(10-12)24-20(27)17-11-13(8-9-23-17)19(26)25-18-15(21)6-3-7-16(18)22/h2-11H,1H3,(H,24,27)(H,25,26).